The third-order valence-corrected chi connectivity index (χ3v) is 3.43. The van der Waals surface area contributed by atoms with Gasteiger partial charge in [0, 0.05) is 24.0 Å². The van der Waals surface area contributed by atoms with Crippen molar-refractivity contribution in [2.75, 3.05) is 5.32 Å². The second-order valence-electron chi connectivity index (χ2n) is 5.07. The maximum Gasteiger partial charge on any atom is 0.322 e. The molecule has 0 aliphatic rings. The van der Waals surface area contributed by atoms with Crippen LogP contribution in [0.15, 0.2) is 68.5 Å². The standard InChI is InChI=1S/C17H10N4O4/c22-12-9-14(24-13-4-2-1-3-11(12)13)15(23)19-17-21-20-16(25-17)10-5-7-18-8-6-10/h1-9H,(H,19,21,23). The summed E-state index contributed by atoms with van der Waals surface area (Å²) in [6.45, 7) is 0. The SMILES string of the molecule is O=C(Nc1nnc(-c2ccncc2)o1)c1cc(=O)c2ccccc2o1. The van der Waals surface area contributed by atoms with Crippen molar-refractivity contribution >= 4 is 22.9 Å². The van der Waals surface area contributed by atoms with Gasteiger partial charge in [-0.15, -0.1) is 5.10 Å². The van der Waals surface area contributed by atoms with Gasteiger partial charge in [0.1, 0.15) is 5.58 Å². The predicted molar refractivity (Wildman–Crippen MR) is 88.0 cm³/mol. The van der Waals surface area contributed by atoms with Crippen LogP contribution in [0.2, 0.25) is 0 Å². The van der Waals surface area contributed by atoms with E-state index in [1.807, 2.05) is 0 Å². The number of hydrogen-bond donors (Lipinski definition) is 1. The van der Waals surface area contributed by atoms with Gasteiger partial charge in [-0.25, -0.2) is 0 Å². The lowest BCUT2D eigenvalue weighted by Crippen LogP contribution is -2.15. The molecule has 0 atom stereocenters. The van der Waals surface area contributed by atoms with Crippen LogP contribution in [-0.4, -0.2) is 21.1 Å². The zero-order valence-corrected chi connectivity index (χ0v) is 12.7. The summed E-state index contributed by atoms with van der Waals surface area (Å²) in [6, 6.07) is 11.1. The molecule has 0 saturated carbocycles. The molecule has 0 bridgehead atoms. The van der Waals surface area contributed by atoms with Gasteiger partial charge in [0.05, 0.1) is 5.39 Å². The quantitative estimate of drug-likeness (QED) is 0.612. The normalized spacial score (nSPS) is 10.7. The Morgan fingerprint density at radius 1 is 1.00 bits per heavy atom. The average molecular weight is 334 g/mol. The van der Waals surface area contributed by atoms with Gasteiger partial charge in [-0.3, -0.25) is 19.9 Å². The Morgan fingerprint density at radius 2 is 1.80 bits per heavy atom. The van der Waals surface area contributed by atoms with E-state index >= 15 is 0 Å². The molecule has 0 radical (unpaired) electrons. The van der Waals surface area contributed by atoms with Crippen LogP contribution in [0.3, 0.4) is 0 Å². The van der Waals surface area contributed by atoms with Gasteiger partial charge < -0.3 is 8.83 Å². The summed E-state index contributed by atoms with van der Waals surface area (Å²) in [4.78, 5) is 28.2. The Balaban J connectivity index is 1.61. The number of amides is 1. The number of rotatable bonds is 3. The van der Waals surface area contributed by atoms with E-state index in [4.69, 9.17) is 8.83 Å². The Hall–Kier alpha value is -3.81. The number of pyridine rings is 1. The lowest BCUT2D eigenvalue weighted by molar-refractivity contribution is 0.0994. The number of benzene rings is 1. The lowest BCUT2D eigenvalue weighted by atomic mass is 10.2. The number of carbonyl (C=O) groups excluding carboxylic acids is 1. The summed E-state index contributed by atoms with van der Waals surface area (Å²) in [5.41, 5.74) is 0.679. The Morgan fingerprint density at radius 3 is 2.64 bits per heavy atom. The van der Waals surface area contributed by atoms with Gasteiger partial charge in [0.15, 0.2) is 11.2 Å². The summed E-state index contributed by atoms with van der Waals surface area (Å²) in [5.74, 6) is -0.571. The molecule has 4 rings (SSSR count). The van der Waals surface area contributed by atoms with Gasteiger partial charge in [-0.05, 0) is 24.3 Å². The molecule has 0 unspecified atom stereocenters. The van der Waals surface area contributed by atoms with Crippen molar-refractivity contribution in [1.82, 2.24) is 15.2 Å². The molecule has 3 heterocycles. The number of hydrogen-bond acceptors (Lipinski definition) is 7. The monoisotopic (exact) mass is 334 g/mol. The maximum absolute atomic E-state index is 12.3. The number of nitrogens with zero attached hydrogens (tertiary/aromatic N) is 3. The van der Waals surface area contributed by atoms with Crippen LogP contribution < -0.4 is 10.7 Å². The highest BCUT2D eigenvalue weighted by Gasteiger charge is 2.16. The smallest absolute Gasteiger partial charge is 0.322 e. The molecule has 8 nitrogen and oxygen atoms in total. The molecule has 122 valence electrons. The van der Waals surface area contributed by atoms with Crippen LogP contribution >= 0.6 is 0 Å². The fraction of sp³-hybridized carbons (Fsp3) is 0. The van der Waals surface area contributed by atoms with E-state index in [1.165, 1.54) is 0 Å². The molecule has 0 aliphatic carbocycles. The molecular weight excluding hydrogens is 324 g/mol. The lowest BCUT2D eigenvalue weighted by Gasteiger charge is -2.01. The van der Waals surface area contributed by atoms with Crippen LogP contribution in [0, 0.1) is 0 Å². The molecule has 0 spiro atoms. The van der Waals surface area contributed by atoms with Crippen LogP contribution in [0.4, 0.5) is 6.01 Å². The van der Waals surface area contributed by atoms with Crippen molar-refractivity contribution in [2.24, 2.45) is 0 Å². The van der Waals surface area contributed by atoms with E-state index in [0.29, 0.717) is 16.5 Å². The van der Waals surface area contributed by atoms with Crippen molar-refractivity contribution in [1.29, 1.82) is 0 Å². The summed E-state index contributed by atoms with van der Waals surface area (Å²) in [7, 11) is 0. The molecule has 1 amide bonds. The second kappa shape index (κ2) is 6.00. The van der Waals surface area contributed by atoms with Crippen LogP contribution in [0.1, 0.15) is 10.6 Å². The number of carbonyl (C=O) groups is 1. The van der Waals surface area contributed by atoms with Crippen molar-refractivity contribution in [2.45, 2.75) is 0 Å². The van der Waals surface area contributed by atoms with E-state index in [9.17, 15) is 9.59 Å². The third-order valence-electron chi connectivity index (χ3n) is 3.43. The van der Waals surface area contributed by atoms with Gasteiger partial charge >= 0.3 is 6.01 Å². The first-order valence-corrected chi connectivity index (χ1v) is 7.29. The fourth-order valence-corrected chi connectivity index (χ4v) is 2.26. The van der Waals surface area contributed by atoms with Crippen LogP contribution in [0.5, 0.6) is 0 Å². The van der Waals surface area contributed by atoms with Gasteiger partial charge in [0.2, 0.25) is 5.89 Å². The molecule has 0 aliphatic heterocycles. The van der Waals surface area contributed by atoms with Crippen LogP contribution in [-0.2, 0) is 0 Å². The molecule has 8 heteroatoms. The first-order chi connectivity index (χ1) is 12.2. The number of para-hydroxylation sites is 1. The number of anilines is 1. The zero-order valence-electron chi connectivity index (χ0n) is 12.7. The molecular formula is C17H10N4O4. The first kappa shape index (κ1) is 14.8. The topological polar surface area (TPSA) is 111 Å². The number of nitrogens with one attached hydrogen (secondary N) is 1. The Labute approximate surface area is 140 Å². The second-order valence-corrected chi connectivity index (χ2v) is 5.07. The van der Waals surface area contributed by atoms with E-state index < -0.39 is 5.91 Å². The highest BCUT2D eigenvalue weighted by atomic mass is 16.4. The zero-order chi connectivity index (χ0) is 17.2. The highest BCUT2D eigenvalue weighted by Crippen LogP contribution is 2.19. The van der Waals surface area contributed by atoms with Gasteiger partial charge in [0.25, 0.3) is 5.91 Å². The van der Waals surface area contributed by atoms with Crippen LogP contribution in [0.25, 0.3) is 22.4 Å². The minimum absolute atomic E-state index is 0.104. The summed E-state index contributed by atoms with van der Waals surface area (Å²) >= 11 is 0. The van der Waals surface area contributed by atoms with Gasteiger partial charge in [-0.2, -0.15) is 0 Å². The largest absolute Gasteiger partial charge is 0.451 e. The van der Waals surface area contributed by atoms with E-state index in [0.717, 1.165) is 6.07 Å². The minimum atomic E-state index is -0.659. The molecule has 4 aromatic rings. The summed E-state index contributed by atoms with van der Waals surface area (Å²) < 4.78 is 10.8. The van der Waals surface area contributed by atoms with E-state index in [1.54, 1.807) is 48.8 Å². The van der Waals surface area contributed by atoms with E-state index in [2.05, 4.69) is 20.5 Å². The molecule has 3 aromatic heterocycles. The summed E-state index contributed by atoms with van der Waals surface area (Å²) in [5, 5.41) is 10.4. The average Bonchev–Trinajstić information content (AvgIpc) is 3.11. The van der Waals surface area contributed by atoms with E-state index in [-0.39, 0.29) is 23.1 Å². The molecule has 1 N–H and O–H groups in total. The maximum atomic E-state index is 12.3. The van der Waals surface area contributed by atoms with Crippen molar-refractivity contribution in [3.63, 3.8) is 0 Å². The number of aromatic nitrogens is 3. The van der Waals surface area contributed by atoms with Gasteiger partial charge in [-0.1, -0.05) is 17.2 Å². The third kappa shape index (κ3) is 2.88. The minimum Gasteiger partial charge on any atom is -0.451 e. The summed E-state index contributed by atoms with van der Waals surface area (Å²) in [6.07, 6.45) is 3.17. The molecule has 0 fully saturated rings. The van der Waals surface area contributed by atoms with Crippen molar-refractivity contribution < 1.29 is 13.6 Å². The molecule has 25 heavy (non-hydrogen) atoms. The Kier molecular flexibility index (Phi) is 3.55. The van der Waals surface area contributed by atoms with Crippen molar-refractivity contribution in [3.05, 3.63) is 70.8 Å². The number of fused-ring (bicyclic) bond motifs is 1. The molecule has 0 saturated heterocycles. The first-order valence-electron chi connectivity index (χ1n) is 7.29. The van der Waals surface area contributed by atoms with Crippen molar-refractivity contribution in [3.8, 4) is 11.5 Å². The fourth-order valence-electron chi connectivity index (χ4n) is 2.26. The highest BCUT2D eigenvalue weighted by molar-refractivity contribution is 6.01. The predicted octanol–water partition coefficient (Wildman–Crippen LogP) is 2.49. The Bertz CT molecular complexity index is 1120. The molecule has 1 aromatic carbocycles.